The summed E-state index contributed by atoms with van der Waals surface area (Å²) in [5, 5.41) is 8.97. The number of nitrogens with zero attached hydrogens (tertiary/aromatic N) is 1. The summed E-state index contributed by atoms with van der Waals surface area (Å²) in [6, 6.07) is 4.81. The van der Waals surface area contributed by atoms with Crippen LogP contribution in [-0.4, -0.2) is 13.1 Å². The van der Waals surface area contributed by atoms with E-state index in [4.69, 9.17) is 16.9 Å². The molecule has 0 aliphatic carbocycles. The second-order valence-electron chi connectivity index (χ2n) is 2.42. The number of rotatable bonds is 1. The quantitative estimate of drug-likeness (QED) is 0.740. The third-order valence-corrected chi connectivity index (χ3v) is 2.55. The first-order valence-electron chi connectivity index (χ1n) is 3.57. The minimum Gasteiger partial charge on any atom is -0.465 e. The number of esters is 1. The monoisotopic (exact) mass is 273 g/mol. The molecule has 0 aliphatic rings. The molecule has 0 bridgehead atoms. The van der Waals surface area contributed by atoms with E-state index < -0.39 is 5.97 Å². The maximum absolute atomic E-state index is 11.2. The minimum atomic E-state index is -0.556. The van der Waals surface area contributed by atoms with Crippen LogP contribution in [0.25, 0.3) is 0 Å². The van der Waals surface area contributed by atoms with E-state index >= 15 is 0 Å². The lowest BCUT2D eigenvalue weighted by molar-refractivity contribution is 0.0601. The molecule has 0 aliphatic heterocycles. The molecule has 0 saturated heterocycles. The molecule has 0 atom stereocenters. The largest absolute Gasteiger partial charge is 0.465 e. The van der Waals surface area contributed by atoms with Crippen LogP contribution in [0.1, 0.15) is 15.9 Å². The lowest BCUT2D eigenvalue weighted by Gasteiger charge is -2.03. The second-order valence-corrected chi connectivity index (χ2v) is 3.68. The fourth-order valence-corrected chi connectivity index (χ4v) is 1.71. The van der Waals surface area contributed by atoms with E-state index in [9.17, 15) is 4.79 Å². The third kappa shape index (κ3) is 2.06. The van der Waals surface area contributed by atoms with Crippen molar-refractivity contribution in [3.63, 3.8) is 0 Å². The summed E-state index contributed by atoms with van der Waals surface area (Å²) < 4.78 is 5.06. The molecule has 0 spiro atoms. The Hall–Kier alpha value is -1.05. The number of carbonyl (C=O) groups excluding carboxylic acids is 1. The van der Waals surface area contributed by atoms with E-state index in [0.717, 1.165) is 0 Å². The Balaban J connectivity index is 3.33. The summed E-state index contributed by atoms with van der Waals surface area (Å²) in [6.45, 7) is 0. The molecule has 5 heteroatoms. The first kappa shape index (κ1) is 11.0. The van der Waals surface area contributed by atoms with Crippen molar-refractivity contribution >= 4 is 33.5 Å². The fourth-order valence-electron chi connectivity index (χ4n) is 0.901. The van der Waals surface area contributed by atoms with E-state index in [-0.39, 0.29) is 10.6 Å². The van der Waals surface area contributed by atoms with E-state index in [2.05, 4.69) is 20.7 Å². The number of ether oxygens (including phenoxy) is 1. The average Bonchev–Trinajstić information content (AvgIpc) is 2.17. The predicted octanol–water partition coefficient (Wildman–Crippen LogP) is 2.76. The number of methoxy groups -OCH3 is 1. The van der Waals surface area contributed by atoms with Gasteiger partial charge in [0, 0.05) is 4.47 Å². The van der Waals surface area contributed by atoms with Gasteiger partial charge < -0.3 is 4.74 Å². The van der Waals surface area contributed by atoms with Crippen LogP contribution < -0.4 is 0 Å². The van der Waals surface area contributed by atoms with E-state index in [1.807, 2.05) is 6.07 Å². The maximum atomic E-state index is 11.2. The van der Waals surface area contributed by atoms with Crippen molar-refractivity contribution in [1.82, 2.24) is 0 Å². The van der Waals surface area contributed by atoms with Gasteiger partial charge in [-0.3, -0.25) is 0 Å². The summed E-state index contributed by atoms with van der Waals surface area (Å²) in [6.07, 6.45) is 0. The molecule has 0 unspecified atom stereocenters. The molecule has 72 valence electrons. The summed E-state index contributed by atoms with van der Waals surface area (Å²) >= 11 is 8.95. The van der Waals surface area contributed by atoms with Gasteiger partial charge in [-0.1, -0.05) is 11.6 Å². The number of nitriles is 1. The molecule has 0 saturated carbocycles. The Morgan fingerprint density at radius 3 is 2.79 bits per heavy atom. The van der Waals surface area contributed by atoms with Gasteiger partial charge in [0.05, 0.1) is 23.3 Å². The summed E-state index contributed by atoms with van der Waals surface area (Å²) in [4.78, 5) is 11.2. The molecule has 0 amide bonds. The van der Waals surface area contributed by atoms with Crippen LogP contribution in [0.5, 0.6) is 0 Å². The van der Waals surface area contributed by atoms with Gasteiger partial charge in [0.25, 0.3) is 0 Å². The fraction of sp³-hybridized carbons (Fsp3) is 0.111. The summed E-state index contributed by atoms with van der Waals surface area (Å²) in [5.74, 6) is -0.556. The number of carbonyl (C=O) groups is 1. The molecule has 3 nitrogen and oxygen atoms in total. The van der Waals surface area contributed by atoms with Crippen molar-refractivity contribution in [2.75, 3.05) is 7.11 Å². The van der Waals surface area contributed by atoms with Gasteiger partial charge in [0.1, 0.15) is 6.07 Å². The van der Waals surface area contributed by atoms with Gasteiger partial charge in [0.2, 0.25) is 0 Å². The second kappa shape index (κ2) is 4.45. The molecule has 14 heavy (non-hydrogen) atoms. The Morgan fingerprint density at radius 2 is 2.29 bits per heavy atom. The maximum Gasteiger partial charge on any atom is 0.339 e. The number of halogens is 2. The lowest BCUT2D eigenvalue weighted by atomic mass is 10.1. The SMILES string of the molecule is COC(=O)c1cc(C#N)c(Br)cc1Cl. The Morgan fingerprint density at radius 1 is 1.64 bits per heavy atom. The Labute approximate surface area is 94.4 Å². The van der Waals surface area contributed by atoms with E-state index in [1.54, 1.807) is 0 Å². The number of hydrogen-bond acceptors (Lipinski definition) is 3. The summed E-state index contributed by atoms with van der Waals surface area (Å²) in [5.41, 5.74) is 0.531. The summed E-state index contributed by atoms with van der Waals surface area (Å²) in [7, 11) is 1.26. The highest BCUT2D eigenvalue weighted by molar-refractivity contribution is 9.10. The van der Waals surface area contributed by atoms with Gasteiger partial charge in [-0.2, -0.15) is 5.26 Å². The first-order valence-corrected chi connectivity index (χ1v) is 4.74. The molecule has 1 aromatic carbocycles. The van der Waals surface area contributed by atoms with Crippen molar-refractivity contribution in [3.05, 3.63) is 32.8 Å². The van der Waals surface area contributed by atoms with Gasteiger partial charge in [-0.05, 0) is 28.1 Å². The van der Waals surface area contributed by atoms with Crippen molar-refractivity contribution in [2.45, 2.75) is 0 Å². The normalized spacial score (nSPS) is 9.29. The van der Waals surface area contributed by atoms with Gasteiger partial charge in [-0.15, -0.1) is 0 Å². The van der Waals surface area contributed by atoms with Crippen LogP contribution >= 0.6 is 27.5 Å². The van der Waals surface area contributed by atoms with Crippen LogP contribution in [0.3, 0.4) is 0 Å². The highest BCUT2D eigenvalue weighted by Gasteiger charge is 2.13. The van der Waals surface area contributed by atoms with E-state index in [0.29, 0.717) is 10.0 Å². The van der Waals surface area contributed by atoms with Gasteiger partial charge in [-0.25, -0.2) is 4.79 Å². The third-order valence-electron chi connectivity index (χ3n) is 1.58. The molecule has 0 radical (unpaired) electrons. The number of hydrogen-bond donors (Lipinski definition) is 0. The molecule has 1 aromatic rings. The lowest BCUT2D eigenvalue weighted by Crippen LogP contribution is -2.02. The molecule has 0 fully saturated rings. The molecule has 0 N–H and O–H groups in total. The average molecular weight is 275 g/mol. The molecule has 0 heterocycles. The molecule has 1 rings (SSSR count). The van der Waals surface area contributed by atoms with E-state index in [1.165, 1.54) is 19.2 Å². The van der Waals surface area contributed by atoms with Gasteiger partial charge in [0.15, 0.2) is 0 Å². The first-order chi connectivity index (χ1) is 6.60. The zero-order chi connectivity index (χ0) is 10.7. The smallest absolute Gasteiger partial charge is 0.339 e. The topological polar surface area (TPSA) is 50.1 Å². The predicted molar refractivity (Wildman–Crippen MR) is 55.2 cm³/mol. The van der Waals surface area contributed by atoms with Gasteiger partial charge >= 0.3 is 5.97 Å². The van der Waals surface area contributed by atoms with Crippen molar-refractivity contribution in [3.8, 4) is 6.07 Å². The van der Waals surface area contributed by atoms with Crippen LogP contribution in [0.4, 0.5) is 0 Å². The van der Waals surface area contributed by atoms with Crippen LogP contribution in [-0.2, 0) is 4.74 Å². The highest BCUT2D eigenvalue weighted by atomic mass is 79.9. The van der Waals surface area contributed by atoms with Crippen LogP contribution in [0, 0.1) is 11.3 Å². The van der Waals surface area contributed by atoms with Crippen molar-refractivity contribution < 1.29 is 9.53 Å². The van der Waals surface area contributed by atoms with Crippen molar-refractivity contribution in [2.24, 2.45) is 0 Å². The molecule has 0 aromatic heterocycles. The number of benzene rings is 1. The van der Waals surface area contributed by atoms with Crippen molar-refractivity contribution in [1.29, 1.82) is 5.26 Å². The van der Waals surface area contributed by atoms with Crippen LogP contribution in [0.2, 0.25) is 5.02 Å². The zero-order valence-electron chi connectivity index (χ0n) is 7.17. The Bertz CT molecular complexity index is 426. The van der Waals surface area contributed by atoms with Crippen LogP contribution in [0.15, 0.2) is 16.6 Å². The zero-order valence-corrected chi connectivity index (χ0v) is 9.52. The molecular weight excluding hydrogens is 269 g/mol. The molecular formula is C9H5BrClNO2. The minimum absolute atomic E-state index is 0.189. The standard InChI is InChI=1S/C9H5BrClNO2/c1-14-9(13)6-2-5(4-12)7(10)3-8(6)11/h2-3H,1H3. The Kier molecular flexibility index (Phi) is 3.50. The highest BCUT2D eigenvalue weighted by Crippen LogP contribution is 2.25.